The van der Waals surface area contributed by atoms with Crippen molar-refractivity contribution in [1.29, 1.82) is 0 Å². The Morgan fingerprint density at radius 3 is 2.71 bits per heavy atom. The van der Waals surface area contributed by atoms with E-state index in [2.05, 4.69) is 29.4 Å². The molecule has 1 N–H and O–H groups in total. The Balaban J connectivity index is 1.76. The number of anilines is 1. The maximum Gasteiger partial charge on any atom is 0.223 e. The molecule has 21 heavy (non-hydrogen) atoms. The maximum atomic E-state index is 11.9. The fourth-order valence-corrected chi connectivity index (χ4v) is 3.67. The van der Waals surface area contributed by atoms with E-state index >= 15 is 0 Å². The highest BCUT2D eigenvalue weighted by molar-refractivity contribution is 7.13. The number of thiazole rings is 1. The number of carbonyl (C=O) groups is 1. The van der Waals surface area contributed by atoms with Gasteiger partial charge in [-0.15, -0.1) is 11.3 Å². The van der Waals surface area contributed by atoms with Gasteiger partial charge in [-0.1, -0.05) is 13.8 Å². The molecule has 1 saturated heterocycles. The summed E-state index contributed by atoms with van der Waals surface area (Å²) in [6.45, 7) is 7.10. The first-order chi connectivity index (χ1) is 10.2. The van der Waals surface area contributed by atoms with Gasteiger partial charge in [0.05, 0.1) is 5.69 Å². The zero-order valence-electron chi connectivity index (χ0n) is 13.2. The largest absolute Gasteiger partial charge is 0.355 e. The van der Waals surface area contributed by atoms with Crippen LogP contribution in [0.3, 0.4) is 0 Å². The second-order valence-electron chi connectivity index (χ2n) is 5.72. The number of piperidine rings is 1. The first-order valence-corrected chi connectivity index (χ1v) is 9.09. The van der Waals surface area contributed by atoms with Gasteiger partial charge in [-0.25, -0.2) is 4.98 Å². The fraction of sp³-hybridized carbons (Fsp3) is 0.750. The number of rotatable bonds is 7. The second-order valence-corrected chi connectivity index (χ2v) is 6.56. The summed E-state index contributed by atoms with van der Waals surface area (Å²) in [4.78, 5) is 19.0. The lowest BCUT2D eigenvalue weighted by Gasteiger charge is -2.25. The number of hydrogen-bond acceptors (Lipinski definition) is 4. The minimum Gasteiger partial charge on any atom is -0.355 e. The van der Waals surface area contributed by atoms with Crippen molar-refractivity contribution in [3.05, 3.63) is 11.1 Å². The van der Waals surface area contributed by atoms with Crippen molar-refractivity contribution in [3.63, 3.8) is 0 Å². The van der Waals surface area contributed by atoms with Crippen molar-refractivity contribution in [2.45, 2.75) is 52.4 Å². The lowest BCUT2D eigenvalue weighted by atomic mass is 10.0. The predicted octanol–water partition coefficient (Wildman–Crippen LogP) is 3.23. The van der Waals surface area contributed by atoms with Crippen LogP contribution in [0.2, 0.25) is 0 Å². The van der Waals surface area contributed by atoms with Crippen LogP contribution in [-0.4, -0.2) is 30.5 Å². The van der Waals surface area contributed by atoms with Gasteiger partial charge in [0.2, 0.25) is 5.91 Å². The molecular weight excluding hydrogens is 282 g/mol. The van der Waals surface area contributed by atoms with Crippen molar-refractivity contribution in [3.8, 4) is 0 Å². The number of hydrogen-bond donors (Lipinski definition) is 1. The Bertz CT molecular complexity index is 436. The molecule has 0 atom stereocenters. The SMILES string of the molecule is CCC(CC)C(=O)NCCc1csc(N2CCCCC2)n1. The van der Waals surface area contributed by atoms with Gasteiger partial charge in [-0.05, 0) is 32.1 Å². The average Bonchev–Trinajstić information content (AvgIpc) is 2.98. The van der Waals surface area contributed by atoms with Crippen molar-refractivity contribution in [1.82, 2.24) is 10.3 Å². The quantitative estimate of drug-likeness (QED) is 0.841. The summed E-state index contributed by atoms with van der Waals surface area (Å²) in [5, 5.41) is 6.32. The molecule has 0 aromatic carbocycles. The van der Waals surface area contributed by atoms with E-state index in [-0.39, 0.29) is 11.8 Å². The zero-order valence-corrected chi connectivity index (χ0v) is 14.0. The van der Waals surface area contributed by atoms with E-state index in [1.165, 1.54) is 19.3 Å². The number of nitrogens with zero attached hydrogens (tertiary/aromatic N) is 2. The molecule has 1 amide bonds. The highest BCUT2D eigenvalue weighted by Gasteiger charge is 2.15. The number of nitrogens with one attached hydrogen (secondary N) is 1. The minimum absolute atomic E-state index is 0.157. The van der Waals surface area contributed by atoms with Gasteiger partial charge in [0.25, 0.3) is 0 Å². The van der Waals surface area contributed by atoms with Crippen LogP contribution < -0.4 is 10.2 Å². The molecule has 1 fully saturated rings. The second kappa shape index (κ2) is 8.37. The Kier molecular flexibility index (Phi) is 6.49. The van der Waals surface area contributed by atoms with Gasteiger partial charge in [0.1, 0.15) is 0 Å². The number of aromatic nitrogens is 1. The van der Waals surface area contributed by atoms with E-state index in [1.54, 1.807) is 11.3 Å². The van der Waals surface area contributed by atoms with Gasteiger partial charge >= 0.3 is 0 Å². The molecule has 0 unspecified atom stereocenters. The van der Waals surface area contributed by atoms with Crippen LogP contribution in [0.15, 0.2) is 5.38 Å². The van der Waals surface area contributed by atoms with Crippen molar-refractivity contribution in [2.24, 2.45) is 5.92 Å². The molecule has 2 rings (SSSR count). The number of amides is 1. The van der Waals surface area contributed by atoms with Gasteiger partial charge in [-0.2, -0.15) is 0 Å². The van der Waals surface area contributed by atoms with Crippen molar-refractivity contribution >= 4 is 22.4 Å². The lowest BCUT2D eigenvalue weighted by Crippen LogP contribution is -2.31. The Hall–Kier alpha value is -1.10. The van der Waals surface area contributed by atoms with Gasteiger partial charge in [0, 0.05) is 37.4 Å². The molecule has 1 aromatic heterocycles. The Morgan fingerprint density at radius 1 is 1.33 bits per heavy atom. The van der Waals surface area contributed by atoms with E-state index in [0.29, 0.717) is 6.54 Å². The van der Waals surface area contributed by atoms with Crippen molar-refractivity contribution in [2.75, 3.05) is 24.5 Å². The molecule has 4 nitrogen and oxygen atoms in total. The zero-order chi connectivity index (χ0) is 15.1. The van der Waals surface area contributed by atoms with Gasteiger partial charge in [-0.3, -0.25) is 4.79 Å². The molecule has 0 aliphatic carbocycles. The normalized spacial score (nSPS) is 15.5. The molecule has 0 spiro atoms. The van der Waals surface area contributed by atoms with Crippen LogP contribution in [0.1, 0.15) is 51.6 Å². The summed E-state index contributed by atoms with van der Waals surface area (Å²) in [5.41, 5.74) is 1.10. The monoisotopic (exact) mass is 309 g/mol. The molecule has 118 valence electrons. The minimum atomic E-state index is 0.157. The lowest BCUT2D eigenvalue weighted by molar-refractivity contribution is -0.125. The van der Waals surface area contributed by atoms with Crippen LogP contribution in [0.4, 0.5) is 5.13 Å². The molecule has 5 heteroatoms. The first-order valence-electron chi connectivity index (χ1n) is 8.21. The third kappa shape index (κ3) is 4.70. The first kappa shape index (κ1) is 16.3. The van der Waals surface area contributed by atoms with Crippen LogP contribution >= 0.6 is 11.3 Å². The molecule has 1 aromatic rings. The average molecular weight is 309 g/mol. The molecule has 0 saturated carbocycles. The molecular formula is C16H27N3OS. The van der Waals surface area contributed by atoms with E-state index in [1.807, 2.05) is 0 Å². The highest BCUT2D eigenvalue weighted by Crippen LogP contribution is 2.24. The molecule has 2 heterocycles. The number of carbonyl (C=O) groups excluding carboxylic acids is 1. The summed E-state index contributed by atoms with van der Waals surface area (Å²) < 4.78 is 0. The molecule has 1 aliphatic rings. The topological polar surface area (TPSA) is 45.2 Å². The van der Waals surface area contributed by atoms with E-state index in [9.17, 15) is 4.79 Å². The molecule has 0 bridgehead atoms. The van der Waals surface area contributed by atoms with E-state index in [4.69, 9.17) is 4.98 Å². The highest BCUT2D eigenvalue weighted by atomic mass is 32.1. The van der Waals surface area contributed by atoms with Gasteiger partial charge < -0.3 is 10.2 Å². The van der Waals surface area contributed by atoms with Gasteiger partial charge in [0.15, 0.2) is 5.13 Å². The third-order valence-corrected chi connectivity index (χ3v) is 5.15. The standard InChI is InChI=1S/C16H27N3OS/c1-3-13(4-2)15(20)17-9-8-14-12-21-16(18-14)19-10-6-5-7-11-19/h12-13H,3-11H2,1-2H3,(H,17,20). The maximum absolute atomic E-state index is 11.9. The van der Waals surface area contributed by atoms with Crippen LogP contribution in [0.5, 0.6) is 0 Å². The van der Waals surface area contributed by atoms with E-state index in [0.717, 1.165) is 43.2 Å². The fourth-order valence-electron chi connectivity index (χ4n) is 2.76. The van der Waals surface area contributed by atoms with Crippen LogP contribution in [0, 0.1) is 5.92 Å². The van der Waals surface area contributed by atoms with Crippen molar-refractivity contribution < 1.29 is 4.79 Å². The van der Waals surface area contributed by atoms with Crippen LogP contribution in [-0.2, 0) is 11.2 Å². The third-order valence-electron chi connectivity index (χ3n) is 4.20. The summed E-state index contributed by atoms with van der Waals surface area (Å²) in [6, 6.07) is 0. The summed E-state index contributed by atoms with van der Waals surface area (Å²) in [6.07, 6.45) is 6.56. The molecule has 0 radical (unpaired) electrons. The summed E-state index contributed by atoms with van der Waals surface area (Å²) in [7, 11) is 0. The summed E-state index contributed by atoms with van der Waals surface area (Å²) in [5.74, 6) is 0.343. The van der Waals surface area contributed by atoms with E-state index < -0.39 is 0 Å². The van der Waals surface area contributed by atoms with Crippen LogP contribution in [0.25, 0.3) is 0 Å². The Morgan fingerprint density at radius 2 is 2.05 bits per heavy atom. The smallest absolute Gasteiger partial charge is 0.223 e. The Labute approximate surface area is 132 Å². The predicted molar refractivity (Wildman–Crippen MR) is 89.0 cm³/mol. The molecule has 1 aliphatic heterocycles. The summed E-state index contributed by atoms with van der Waals surface area (Å²) >= 11 is 1.73.